The van der Waals surface area contributed by atoms with E-state index in [-0.39, 0.29) is 5.56 Å². The summed E-state index contributed by atoms with van der Waals surface area (Å²) in [6, 6.07) is 7.20. The van der Waals surface area contributed by atoms with Crippen LogP contribution >= 0.6 is 35.2 Å². The molecule has 0 fully saturated rings. The van der Waals surface area contributed by atoms with E-state index in [2.05, 4.69) is 4.98 Å². The van der Waals surface area contributed by atoms with Gasteiger partial charge in [0.25, 0.3) is 5.56 Å². The number of rotatable bonds is 1. The van der Waals surface area contributed by atoms with E-state index in [1.807, 2.05) is 12.1 Å². The van der Waals surface area contributed by atoms with Crippen LogP contribution in [0.15, 0.2) is 29.1 Å². The van der Waals surface area contributed by atoms with Gasteiger partial charge in [-0.05, 0) is 55.2 Å². The maximum absolute atomic E-state index is 12.9. The molecule has 0 bridgehead atoms. The molecule has 0 saturated heterocycles. The maximum atomic E-state index is 12.9. The van der Waals surface area contributed by atoms with E-state index in [4.69, 9.17) is 23.8 Å². The summed E-state index contributed by atoms with van der Waals surface area (Å²) in [7, 11) is 0. The third-order valence-electron chi connectivity index (χ3n) is 3.83. The van der Waals surface area contributed by atoms with E-state index >= 15 is 0 Å². The van der Waals surface area contributed by atoms with Gasteiger partial charge in [0, 0.05) is 9.90 Å². The predicted molar refractivity (Wildman–Crippen MR) is 89.6 cm³/mol. The highest BCUT2D eigenvalue weighted by atomic mass is 35.5. The molecular weight excluding hydrogens is 324 g/mol. The number of halogens is 1. The molecule has 0 radical (unpaired) electrons. The number of benzene rings is 1. The fourth-order valence-corrected chi connectivity index (χ4v) is 4.75. The summed E-state index contributed by atoms with van der Waals surface area (Å²) in [6.07, 6.45) is 3.17. The molecular formula is C15H11ClN2OS2. The van der Waals surface area contributed by atoms with Crippen molar-refractivity contribution in [2.24, 2.45) is 0 Å². The van der Waals surface area contributed by atoms with Crippen molar-refractivity contribution in [1.82, 2.24) is 9.55 Å². The van der Waals surface area contributed by atoms with Gasteiger partial charge in [0.05, 0.1) is 11.1 Å². The van der Waals surface area contributed by atoms with Gasteiger partial charge in [0.15, 0.2) is 4.77 Å². The lowest BCUT2D eigenvalue weighted by Crippen LogP contribution is -2.20. The van der Waals surface area contributed by atoms with Crippen LogP contribution in [0.5, 0.6) is 0 Å². The molecule has 0 aliphatic heterocycles. The van der Waals surface area contributed by atoms with E-state index in [0.29, 0.717) is 15.5 Å². The SMILES string of the molecule is O=c1c2c3c(sc2[nH]c(=S)n1-c1cccc(Cl)c1)CCC3. The topological polar surface area (TPSA) is 37.8 Å². The van der Waals surface area contributed by atoms with E-state index in [1.165, 1.54) is 15.0 Å². The molecule has 2 heterocycles. The van der Waals surface area contributed by atoms with Gasteiger partial charge in [-0.25, -0.2) is 0 Å². The first-order valence-electron chi connectivity index (χ1n) is 6.70. The summed E-state index contributed by atoms with van der Waals surface area (Å²) in [6.45, 7) is 0. The molecule has 0 amide bonds. The van der Waals surface area contributed by atoms with E-state index in [0.717, 1.165) is 29.5 Å². The summed E-state index contributed by atoms with van der Waals surface area (Å²) in [4.78, 5) is 18.3. The normalized spacial score (nSPS) is 13.8. The Kier molecular flexibility index (Phi) is 3.03. The van der Waals surface area contributed by atoms with Gasteiger partial charge in [-0.2, -0.15) is 0 Å². The predicted octanol–water partition coefficient (Wildman–Crippen LogP) is 4.25. The Hall–Kier alpha value is -1.43. The molecule has 3 nitrogen and oxygen atoms in total. The molecule has 1 aliphatic rings. The Balaban J connectivity index is 2.11. The van der Waals surface area contributed by atoms with E-state index < -0.39 is 0 Å². The van der Waals surface area contributed by atoms with Gasteiger partial charge in [0.2, 0.25) is 0 Å². The number of nitrogens with one attached hydrogen (secondary N) is 1. The number of aryl methyl sites for hydroxylation is 2. The van der Waals surface area contributed by atoms with E-state index in [9.17, 15) is 4.79 Å². The van der Waals surface area contributed by atoms with Crippen molar-refractivity contribution in [2.45, 2.75) is 19.3 Å². The zero-order valence-electron chi connectivity index (χ0n) is 11.0. The third-order valence-corrected chi connectivity index (χ3v) is 5.56. The summed E-state index contributed by atoms with van der Waals surface area (Å²) in [5, 5.41) is 1.38. The number of thiophene rings is 1. The van der Waals surface area contributed by atoms with Crippen LogP contribution in [-0.2, 0) is 12.8 Å². The number of H-pyrrole nitrogens is 1. The largest absolute Gasteiger partial charge is 0.323 e. The molecule has 6 heteroatoms. The van der Waals surface area contributed by atoms with Crippen LogP contribution in [0, 0.1) is 4.77 Å². The highest BCUT2D eigenvalue weighted by molar-refractivity contribution is 7.71. The molecule has 0 spiro atoms. The lowest BCUT2D eigenvalue weighted by molar-refractivity contribution is 0.910. The number of aromatic nitrogens is 2. The summed E-state index contributed by atoms with van der Waals surface area (Å²) in [5.74, 6) is 0. The van der Waals surface area contributed by atoms with Crippen LogP contribution in [0.3, 0.4) is 0 Å². The number of hydrogen-bond acceptors (Lipinski definition) is 3. The first-order valence-corrected chi connectivity index (χ1v) is 8.31. The zero-order valence-corrected chi connectivity index (χ0v) is 13.4. The molecule has 0 atom stereocenters. The van der Waals surface area contributed by atoms with Crippen molar-refractivity contribution < 1.29 is 0 Å². The Bertz CT molecular complexity index is 983. The van der Waals surface area contributed by atoms with Crippen LogP contribution < -0.4 is 5.56 Å². The molecule has 21 heavy (non-hydrogen) atoms. The molecule has 1 N–H and O–H groups in total. The van der Waals surface area contributed by atoms with Crippen molar-refractivity contribution in [2.75, 3.05) is 0 Å². The minimum absolute atomic E-state index is 0.0459. The fourth-order valence-electron chi connectivity index (χ4n) is 2.93. The highest BCUT2D eigenvalue weighted by Gasteiger charge is 2.21. The second-order valence-corrected chi connectivity index (χ2v) is 7.04. The van der Waals surface area contributed by atoms with Gasteiger partial charge in [-0.3, -0.25) is 9.36 Å². The van der Waals surface area contributed by atoms with Crippen molar-refractivity contribution in [3.63, 3.8) is 0 Å². The van der Waals surface area contributed by atoms with Crippen LogP contribution in [0.1, 0.15) is 16.9 Å². The smallest absolute Gasteiger partial charge is 0.267 e. The maximum Gasteiger partial charge on any atom is 0.267 e. The van der Waals surface area contributed by atoms with Gasteiger partial charge < -0.3 is 4.98 Å². The Morgan fingerprint density at radius 2 is 2.19 bits per heavy atom. The third kappa shape index (κ3) is 1.99. The molecule has 1 aliphatic carbocycles. The number of fused-ring (bicyclic) bond motifs is 3. The second kappa shape index (κ2) is 4.80. The van der Waals surface area contributed by atoms with Gasteiger partial charge in [0.1, 0.15) is 4.83 Å². The Morgan fingerprint density at radius 1 is 1.33 bits per heavy atom. The van der Waals surface area contributed by atoms with Crippen molar-refractivity contribution in [3.8, 4) is 5.69 Å². The quantitative estimate of drug-likeness (QED) is 0.675. The Morgan fingerprint density at radius 3 is 3.00 bits per heavy atom. The lowest BCUT2D eigenvalue weighted by Gasteiger charge is -2.07. The van der Waals surface area contributed by atoms with Crippen molar-refractivity contribution in [3.05, 3.63) is 54.9 Å². The van der Waals surface area contributed by atoms with Crippen LogP contribution in [0.25, 0.3) is 15.9 Å². The highest BCUT2D eigenvalue weighted by Crippen LogP contribution is 2.34. The lowest BCUT2D eigenvalue weighted by atomic mass is 10.2. The first kappa shape index (κ1) is 13.2. The molecule has 106 valence electrons. The number of hydrogen-bond donors (Lipinski definition) is 1. The average molecular weight is 335 g/mol. The molecule has 0 saturated carbocycles. The average Bonchev–Trinajstić information content (AvgIpc) is 2.98. The molecule has 3 aromatic rings. The first-order chi connectivity index (χ1) is 10.1. The van der Waals surface area contributed by atoms with Gasteiger partial charge >= 0.3 is 0 Å². The summed E-state index contributed by atoms with van der Waals surface area (Å²) >= 11 is 13.1. The van der Waals surface area contributed by atoms with Crippen LogP contribution in [0.2, 0.25) is 5.02 Å². The summed E-state index contributed by atoms with van der Waals surface area (Å²) in [5.41, 5.74) is 1.85. The van der Waals surface area contributed by atoms with Crippen LogP contribution in [-0.4, -0.2) is 9.55 Å². The minimum Gasteiger partial charge on any atom is -0.323 e. The standard InChI is InChI=1S/C15H11ClN2OS2/c16-8-3-1-4-9(7-8)18-14(19)12-10-5-2-6-11(10)21-13(12)17-15(18)20/h1,3-4,7H,2,5-6H2,(H,17,20). The van der Waals surface area contributed by atoms with Gasteiger partial charge in [-0.1, -0.05) is 17.7 Å². The fraction of sp³-hybridized carbons (Fsp3) is 0.200. The molecule has 2 aromatic heterocycles. The number of aromatic amines is 1. The minimum atomic E-state index is -0.0459. The molecule has 0 unspecified atom stereocenters. The zero-order chi connectivity index (χ0) is 14.6. The van der Waals surface area contributed by atoms with Crippen molar-refractivity contribution in [1.29, 1.82) is 0 Å². The molecule has 4 rings (SSSR count). The number of nitrogens with zero attached hydrogens (tertiary/aromatic N) is 1. The molecule has 1 aromatic carbocycles. The summed E-state index contributed by atoms with van der Waals surface area (Å²) < 4.78 is 1.95. The monoisotopic (exact) mass is 334 g/mol. The van der Waals surface area contributed by atoms with Gasteiger partial charge in [-0.15, -0.1) is 11.3 Å². The van der Waals surface area contributed by atoms with Crippen molar-refractivity contribution >= 4 is 45.4 Å². The second-order valence-electron chi connectivity index (χ2n) is 5.11. The Labute approximate surface area is 134 Å². The van der Waals surface area contributed by atoms with E-state index in [1.54, 1.807) is 23.5 Å². The van der Waals surface area contributed by atoms with Crippen LogP contribution in [0.4, 0.5) is 0 Å².